The monoisotopic (exact) mass is 506 g/mol. The third-order valence-corrected chi connectivity index (χ3v) is 6.20. The quantitative estimate of drug-likeness (QED) is 0.343. The predicted molar refractivity (Wildman–Crippen MR) is 133 cm³/mol. The lowest BCUT2D eigenvalue weighted by atomic mass is 10.2. The van der Waals surface area contributed by atoms with E-state index in [1.165, 1.54) is 44.6 Å². The number of carbonyl (C=O) groups is 1. The Morgan fingerprint density at radius 2 is 1.47 bits per heavy atom. The molecule has 0 aliphatic rings. The lowest BCUT2D eigenvalue weighted by Crippen LogP contribution is -2.15. The summed E-state index contributed by atoms with van der Waals surface area (Å²) in [6.45, 7) is 0. The van der Waals surface area contributed by atoms with Crippen LogP contribution < -0.4 is 24.2 Å². The molecule has 0 aliphatic heterocycles. The lowest BCUT2D eigenvalue weighted by molar-refractivity contribution is 0.102. The molecule has 2 N–H and O–H groups in total. The first kappa shape index (κ1) is 24.5. The van der Waals surface area contributed by atoms with E-state index in [2.05, 4.69) is 20.0 Å². The fraction of sp³-hybridized carbons (Fsp3) is 0.0800. The normalized spacial score (nSPS) is 10.8. The van der Waals surface area contributed by atoms with Crippen molar-refractivity contribution in [2.45, 2.75) is 4.90 Å². The van der Waals surface area contributed by atoms with E-state index in [1.807, 2.05) is 30.3 Å². The van der Waals surface area contributed by atoms with Gasteiger partial charge in [-0.05, 0) is 60.7 Å². The van der Waals surface area contributed by atoms with Gasteiger partial charge in [-0.2, -0.15) is 9.97 Å². The van der Waals surface area contributed by atoms with Crippen molar-refractivity contribution in [1.82, 2.24) is 9.97 Å². The average molecular weight is 507 g/mol. The van der Waals surface area contributed by atoms with Crippen LogP contribution >= 0.6 is 0 Å². The lowest BCUT2D eigenvalue weighted by Gasteiger charge is -2.11. The van der Waals surface area contributed by atoms with Crippen molar-refractivity contribution in [3.8, 4) is 23.4 Å². The summed E-state index contributed by atoms with van der Waals surface area (Å²) in [6.07, 6.45) is 0. The van der Waals surface area contributed by atoms with Gasteiger partial charge in [0, 0.05) is 17.3 Å². The van der Waals surface area contributed by atoms with E-state index < -0.39 is 10.0 Å². The van der Waals surface area contributed by atoms with Gasteiger partial charge >= 0.3 is 6.01 Å². The molecule has 0 aliphatic carbocycles. The summed E-state index contributed by atoms with van der Waals surface area (Å²) in [5.41, 5.74) is 0.842. The highest BCUT2D eigenvalue weighted by molar-refractivity contribution is 7.92. The molecule has 184 valence electrons. The fourth-order valence-electron chi connectivity index (χ4n) is 3.07. The van der Waals surface area contributed by atoms with Crippen LogP contribution in [0.1, 0.15) is 10.4 Å². The number of methoxy groups -OCH3 is 2. The number of aromatic nitrogens is 2. The molecule has 4 aromatic rings. The number of amides is 1. The van der Waals surface area contributed by atoms with Crippen LogP contribution in [0.25, 0.3) is 0 Å². The van der Waals surface area contributed by atoms with Crippen LogP contribution in [0.2, 0.25) is 0 Å². The van der Waals surface area contributed by atoms with Crippen molar-refractivity contribution in [3.05, 3.63) is 90.5 Å². The molecule has 3 aromatic carbocycles. The smallest absolute Gasteiger partial charge is 0.321 e. The molecule has 4 rings (SSSR count). The minimum Gasteiger partial charge on any atom is -0.481 e. The third-order valence-electron chi connectivity index (χ3n) is 4.83. The maximum Gasteiger partial charge on any atom is 0.321 e. The Hall–Kier alpha value is -4.64. The minimum atomic E-state index is -3.97. The van der Waals surface area contributed by atoms with Gasteiger partial charge < -0.3 is 19.5 Å². The van der Waals surface area contributed by atoms with Crippen molar-refractivity contribution < 1.29 is 27.4 Å². The van der Waals surface area contributed by atoms with Crippen LogP contribution in [0.15, 0.2) is 89.8 Å². The maximum atomic E-state index is 12.8. The predicted octanol–water partition coefficient (Wildman–Crippen LogP) is 4.34. The van der Waals surface area contributed by atoms with Crippen LogP contribution in [0.4, 0.5) is 11.5 Å². The van der Waals surface area contributed by atoms with Gasteiger partial charge in [0.25, 0.3) is 15.9 Å². The summed E-state index contributed by atoms with van der Waals surface area (Å²) in [5.74, 6) is 1.05. The first-order valence-corrected chi connectivity index (χ1v) is 12.1. The first-order valence-electron chi connectivity index (χ1n) is 10.6. The molecule has 0 spiro atoms. The number of nitrogens with one attached hydrogen (secondary N) is 2. The zero-order valence-electron chi connectivity index (χ0n) is 19.3. The second-order valence-electron chi connectivity index (χ2n) is 7.31. The molecule has 1 heterocycles. The Labute approximate surface area is 207 Å². The average Bonchev–Trinajstić information content (AvgIpc) is 2.89. The van der Waals surface area contributed by atoms with Gasteiger partial charge in [-0.3, -0.25) is 9.52 Å². The number of rotatable bonds is 9. The van der Waals surface area contributed by atoms with Gasteiger partial charge in [-0.25, -0.2) is 8.42 Å². The zero-order chi connectivity index (χ0) is 25.5. The van der Waals surface area contributed by atoms with Crippen molar-refractivity contribution in [2.24, 2.45) is 0 Å². The van der Waals surface area contributed by atoms with Crippen LogP contribution in [-0.4, -0.2) is 38.5 Å². The summed E-state index contributed by atoms with van der Waals surface area (Å²) >= 11 is 0. The number of hydrogen-bond acceptors (Lipinski definition) is 8. The van der Waals surface area contributed by atoms with E-state index in [0.717, 1.165) is 0 Å². The highest BCUT2D eigenvalue weighted by Gasteiger charge is 2.17. The van der Waals surface area contributed by atoms with Crippen molar-refractivity contribution >= 4 is 27.4 Å². The van der Waals surface area contributed by atoms with Crippen LogP contribution in [-0.2, 0) is 10.0 Å². The summed E-state index contributed by atoms with van der Waals surface area (Å²) in [5, 5.41) is 2.74. The maximum absolute atomic E-state index is 12.8. The number of anilines is 2. The number of carbonyl (C=O) groups excluding carboxylic acids is 1. The summed E-state index contributed by atoms with van der Waals surface area (Å²) in [4.78, 5) is 20.5. The van der Waals surface area contributed by atoms with Gasteiger partial charge in [0.05, 0.1) is 19.1 Å². The van der Waals surface area contributed by atoms with Gasteiger partial charge in [-0.15, -0.1) is 0 Å². The summed E-state index contributed by atoms with van der Waals surface area (Å²) in [7, 11) is -1.23. The molecule has 0 radical (unpaired) electrons. The Balaban J connectivity index is 1.41. The molecule has 0 fully saturated rings. The molecule has 1 amide bonds. The number of hydrogen-bond donors (Lipinski definition) is 2. The molecule has 36 heavy (non-hydrogen) atoms. The van der Waals surface area contributed by atoms with Crippen molar-refractivity contribution in [2.75, 3.05) is 24.3 Å². The Morgan fingerprint density at radius 3 is 2.11 bits per heavy atom. The van der Waals surface area contributed by atoms with Gasteiger partial charge in [0.15, 0.2) is 5.82 Å². The molecule has 0 bridgehead atoms. The summed E-state index contributed by atoms with van der Waals surface area (Å²) < 4.78 is 43.6. The van der Waals surface area contributed by atoms with Crippen LogP contribution in [0, 0.1) is 0 Å². The topological polar surface area (TPSA) is 129 Å². The minimum absolute atomic E-state index is 0.0178. The number of para-hydroxylation sites is 1. The van der Waals surface area contributed by atoms with Gasteiger partial charge in [0.2, 0.25) is 5.88 Å². The number of benzene rings is 3. The number of nitrogens with zero attached hydrogens (tertiary/aromatic N) is 2. The molecule has 0 atom stereocenters. The molecule has 0 saturated carbocycles. The number of ether oxygens (including phenoxy) is 3. The molecule has 0 unspecified atom stereocenters. The summed E-state index contributed by atoms with van der Waals surface area (Å²) in [6, 6.07) is 22.9. The van der Waals surface area contributed by atoms with E-state index in [0.29, 0.717) is 22.7 Å². The second-order valence-corrected chi connectivity index (χ2v) is 8.99. The van der Waals surface area contributed by atoms with Crippen LogP contribution in [0.5, 0.6) is 23.4 Å². The van der Waals surface area contributed by atoms with E-state index in [1.54, 1.807) is 24.3 Å². The van der Waals surface area contributed by atoms with Crippen molar-refractivity contribution in [3.63, 3.8) is 0 Å². The second kappa shape index (κ2) is 10.7. The largest absolute Gasteiger partial charge is 0.481 e. The fourth-order valence-corrected chi connectivity index (χ4v) is 4.06. The van der Waals surface area contributed by atoms with E-state index in [4.69, 9.17) is 14.2 Å². The SMILES string of the molecule is COc1cc(NS(=O)(=O)c2ccc(NC(=O)c3ccc(Oc4ccccc4)cc3)cc2)nc(OC)n1. The molecule has 11 heteroatoms. The molecular weight excluding hydrogens is 484 g/mol. The van der Waals surface area contributed by atoms with Gasteiger partial charge in [-0.1, -0.05) is 18.2 Å². The molecule has 1 aromatic heterocycles. The van der Waals surface area contributed by atoms with Gasteiger partial charge in [0.1, 0.15) is 11.5 Å². The Morgan fingerprint density at radius 1 is 0.806 bits per heavy atom. The molecular formula is C25H22N4O6S. The third kappa shape index (κ3) is 6.07. The molecule has 0 saturated heterocycles. The van der Waals surface area contributed by atoms with E-state index in [9.17, 15) is 13.2 Å². The highest BCUT2D eigenvalue weighted by atomic mass is 32.2. The number of sulfonamides is 1. The highest BCUT2D eigenvalue weighted by Crippen LogP contribution is 2.23. The zero-order valence-corrected chi connectivity index (χ0v) is 20.2. The van der Waals surface area contributed by atoms with Crippen LogP contribution in [0.3, 0.4) is 0 Å². The Bertz CT molecular complexity index is 1420. The first-order chi connectivity index (χ1) is 17.4. The Kier molecular flexibility index (Phi) is 7.31. The van der Waals surface area contributed by atoms with E-state index >= 15 is 0 Å². The molecule has 10 nitrogen and oxygen atoms in total. The van der Waals surface area contributed by atoms with E-state index in [-0.39, 0.29) is 28.5 Å². The standard InChI is InChI=1S/C25H22N4O6S/c1-33-23-16-22(27-25(28-23)34-2)29-36(31,32)21-14-10-18(11-15-21)26-24(30)17-8-12-20(13-9-17)35-19-6-4-3-5-7-19/h3-16H,1-2H3,(H,26,30)(H,27,28,29). The van der Waals surface area contributed by atoms with Crippen molar-refractivity contribution in [1.29, 1.82) is 0 Å².